The maximum atomic E-state index is 13.0. The third-order valence-electron chi connectivity index (χ3n) is 3.76. The molecule has 5 heteroatoms. The van der Waals surface area contributed by atoms with Crippen LogP contribution in [0.25, 0.3) is 0 Å². The first-order valence-electron chi connectivity index (χ1n) is 6.92. The van der Waals surface area contributed by atoms with E-state index in [-0.39, 0.29) is 12.0 Å². The summed E-state index contributed by atoms with van der Waals surface area (Å²) < 4.78 is 38.9. The van der Waals surface area contributed by atoms with E-state index in [1.165, 1.54) is 12.1 Å². The minimum Gasteiger partial charge on any atom is -0.393 e. The molecule has 1 aliphatic rings. The van der Waals surface area contributed by atoms with Crippen LogP contribution >= 0.6 is 0 Å². The van der Waals surface area contributed by atoms with E-state index in [0.717, 1.165) is 0 Å². The Hall–Kier alpha value is -1.23. The molecule has 1 aromatic carbocycles. The van der Waals surface area contributed by atoms with E-state index < -0.39 is 11.7 Å². The molecule has 0 aromatic heterocycles. The SMILES string of the molecule is CC(C)c1cc(N2CCC(O)CC2)cc(C(F)(F)F)c1. The van der Waals surface area contributed by atoms with Gasteiger partial charge in [0.15, 0.2) is 0 Å². The second kappa shape index (κ2) is 5.64. The fourth-order valence-electron chi connectivity index (χ4n) is 2.44. The fraction of sp³-hybridized carbons (Fsp3) is 0.600. The fourth-order valence-corrected chi connectivity index (χ4v) is 2.44. The van der Waals surface area contributed by atoms with E-state index >= 15 is 0 Å². The quantitative estimate of drug-likeness (QED) is 0.894. The molecular formula is C15H20F3NO. The zero-order valence-corrected chi connectivity index (χ0v) is 11.7. The van der Waals surface area contributed by atoms with Crippen molar-refractivity contribution in [2.45, 2.75) is 44.9 Å². The van der Waals surface area contributed by atoms with Crippen LogP contribution in [0.5, 0.6) is 0 Å². The summed E-state index contributed by atoms with van der Waals surface area (Å²) in [6, 6.07) is 4.27. The Morgan fingerprint density at radius 2 is 1.75 bits per heavy atom. The molecule has 0 bridgehead atoms. The van der Waals surface area contributed by atoms with E-state index in [2.05, 4.69) is 0 Å². The third kappa shape index (κ3) is 3.45. The number of piperidine rings is 1. The van der Waals surface area contributed by atoms with E-state index in [4.69, 9.17) is 0 Å². The summed E-state index contributed by atoms with van der Waals surface area (Å²) in [5, 5.41) is 9.49. The summed E-state index contributed by atoms with van der Waals surface area (Å²) in [6.07, 6.45) is -3.45. The number of hydrogen-bond acceptors (Lipinski definition) is 2. The lowest BCUT2D eigenvalue weighted by molar-refractivity contribution is -0.137. The van der Waals surface area contributed by atoms with Crippen LogP contribution in [0.4, 0.5) is 18.9 Å². The van der Waals surface area contributed by atoms with Crippen molar-refractivity contribution in [2.75, 3.05) is 18.0 Å². The minimum absolute atomic E-state index is 0.0476. The van der Waals surface area contributed by atoms with E-state index in [0.29, 0.717) is 37.2 Å². The van der Waals surface area contributed by atoms with Crippen molar-refractivity contribution in [1.29, 1.82) is 0 Å². The highest BCUT2D eigenvalue weighted by Gasteiger charge is 2.32. The molecule has 0 atom stereocenters. The Morgan fingerprint density at radius 3 is 2.25 bits per heavy atom. The standard InChI is InChI=1S/C15H20F3NO/c1-10(2)11-7-12(15(16,17)18)9-13(8-11)19-5-3-14(20)4-6-19/h7-10,14,20H,3-6H2,1-2H3. The first-order chi connectivity index (χ1) is 9.27. The maximum absolute atomic E-state index is 13.0. The smallest absolute Gasteiger partial charge is 0.393 e. The minimum atomic E-state index is -4.32. The molecular weight excluding hydrogens is 267 g/mol. The predicted octanol–water partition coefficient (Wildman–Crippen LogP) is 3.79. The van der Waals surface area contributed by atoms with E-state index in [9.17, 15) is 18.3 Å². The number of alkyl halides is 3. The molecule has 112 valence electrons. The van der Waals surface area contributed by atoms with Crippen LogP contribution in [0.3, 0.4) is 0 Å². The normalized spacial score (nSPS) is 17.9. The van der Waals surface area contributed by atoms with Gasteiger partial charge in [0, 0.05) is 18.8 Å². The Bertz CT molecular complexity index is 463. The van der Waals surface area contributed by atoms with Gasteiger partial charge in [-0.2, -0.15) is 13.2 Å². The van der Waals surface area contributed by atoms with E-state index in [1.54, 1.807) is 0 Å². The maximum Gasteiger partial charge on any atom is 0.416 e. The summed E-state index contributed by atoms with van der Waals surface area (Å²) in [4.78, 5) is 1.92. The molecule has 1 N–H and O–H groups in total. The van der Waals surface area contributed by atoms with Gasteiger partial charge in [-0.05, 0) is 42.5 Å². The Kier molecular flexibility index (Phi) is 4.28. The number of hydrogen-bond donors (Lipinski definition) is 1. The number of anilines is 1. The Morgan fingerprint density at radius 1 is 1.15 bits per heavy atom. The van der Waals surface area contributed by atoms with Crippen LogP contribution in [0.15, 0.2) is 18.2 Å². The Balaban J connectivity index is 2.34. The average molecular weight is 287 g/mol. The first-order valence-corrected chi connectivity index (χ1v) is 6.92. The molecule has 0 unspecified atom stereocenters. The number of halogens is 3. The zero-order chi connectivity index (χ0) is 14.9. The van der Waals surface area contributed by atoms with Crippen LogP contribution in [-0.2, 0) is 6.18 Å². The predicted molar refractivity (Wildman–Crippen MR) is 73.0 cm³/mol. The summed E-state index contributed by atoms with van der Waals surface area (Å²) in [6.45, 7) is 4.97. The van der Waals surface area contributed by atoms with Crippen molar-refractivity contribution in [3.05, 3.63) is 29.3 Å². The van der Waals surface area contributed by atoms with Gasteiger partial charge in [-0.3, -0.25) is 0 Å². The van der Waals surface area contributed by atoms with Gasteiger partial charge in [-0.1, -0.05) is 13.8 Å². The highest BCUT2D eigenvalue weighted by molar-refractivity contribution is 5.53. The van der Waals surface area contributed by atoms with Crippen LogP contribution in [0.2, 0.25) is 0 Å². The molecule has 0 radical (unpaired) electrons. The summed E-state index contributed by atoms with van der Waals surface area (Å²) in [5.74, 6) is 0.0476. The molecule has 1 aliphatic heterocycles. The first kappa shape index (κ1) is 15.2. The summed E-state index contributed by atoms with van der Waals surface area (Å²) in [5.41, 5.74) is 0.709. The van der Waals surface area contributed by atoms with Crippen LogP contribution < -0.4 is 4.90 Å². The number of rotatable bonds is 2. The van der Waals surface area contributed by atoms with Gasteiger partial charge in [0.25, 0.3) is 0 Å². The third-order valence-corrected chi connectivity index (χ3v) is 3.76. The van der Waals surface area contributed by atoms with E-state index in [1.807, 2.05) is 24.8 Å². The largest absolute Gasteiger partial charge is 0.416 e. The average Bonchev–Trinajstić information content (AvgIpc) is 2.38. The van der Waals surface area contributed by atoms with Crippen molar-refractivity contribution < 1.29 is 18.3 Å². The number of benzene rings is 1. The zero-order valence-electron chi connectivity index (χ0n) is 11.7. The number of aliphatic hydroxyl groups is 1. The Labute approximate surface area is 117 Å². The van der Waals surface area contributed by atoms with Gasteiger partial charge in [-0.15, -0.1) is 0 Å². The lowest BCUT2D eigenvalue weighted by atomic mass is 9.98. The monoisotopic (exact) mass is 287 g/mol. The van der Waals surface area contributed by atoms with Gasteiger partial charge in [0.2, 0.25) is 0 Å². The molecule has 1 fully saturated rings. The highest BCUT2D eigenvalue weighted by atomic mass is 19.4. The van der Waals surface area contributed by atoms with Gasteiger partial charge >= 0.3 is 6.18 Å². The van der Waals surface area contributed by atoms with Crippen molar-refractivity contribution >= 4 is 5.69 Å². The molecule has 1 saturated heterocycles. The summed E-state index contributed by atoms with van der Waals surface area (Å²) in [7, 11) is 0. The topological polar surface area (TPSA) is 23.5 Å². The number of aliphatic hydroxyl groups excluding tert-OH is 1. The molecule has 0 spiro atoms. The number of nitrogens with zero attached hydrogens (tertiary/aromatic N) is 1. The van der Waals surface area contributed by atoms with Crippen molar-refractivity contribution in [3.8, 4) is 0 Å². The lowest BCUT2D eigenvalue weighted by Crippen LogP contribution is -2.36. The van der Waals surface area contributed by atoms with Gasteiger partial charge in [0.05, 0.1) is 11.7 Å². The van der Waals surface area contributed by atoms with Crippen molar-refractivity contribution in [1.82, 2.24) is 0 Å². The van der Waals surface area contributed by atoms with Crippen LogP contribution in [0, 0.1) is 0 Å². The lowest BCUT2D eigenvalue weighted by Gasteiger charge is -2.32. The van der Waals surface area contributed by atoms with Crippen LogP contribution in [-0.4, -0.2) is 24.3 Å². The molecule has 20 heavy (non-hydrogen) atoms. The highest BCUT2D eigenvalue weighted by Crippen LogP contribution is 2.35. The van der Waals surface area contributed by atoms with Crippen molar-refractivity contribution in [3.63, 3.8) is 0 Å². The molecule has 2 nitrogen and oxygen atoms in total. The molecule has 0 saturated carbocycles. The van der Waals surface area contributed by atoms with Gasteiger partial charge in [-0.25, -0.2) is 0 Å². The second-order valence-electron chi connectivity index (χ2n) is 5.68. The summed E-state index contributed by atoms with van der Waals surface area (Å²) >= 11 is 0. The molecule has 2 rings (SSSR count). The van der Waals surface area contributed by atoms with Gasteiger partial charge < -0.3 is 10.0 Å². The van der Waals surface area contributed by atoms with Crippen molar-refractivity contribution in [2.24, 2.45) is 0 Å². The molecule has 0 amide bonds. The molecule has 0 aliphatic carbocycles. The molecule has 1 heterocycles. The van der Waals surface area contributed by atoms with Gasteiger partial charge in [0.1, 0.15) is 0 Å². The molecule has 1 aromatic rings. The van der Waals surface area contributed by atoms with Crippen LogP contribution in [0.1, 0.15) is 43.7 Å². The second-order valence-corrected chi connectivity index (χ2v) is 5.68.